The SMILES string of the molecule is C[C@H]1CN(c2ccncc2Br)CCN1C(=O)OC(C)(C)C. The Morgan fingerprint density at radius 3 is 2.71 bits per heavy atom. The van der Waals surface area contributed by atoms with Crippen molar-refractivity contribution in [1.82, 2.24) is 9.88 Å². The molecule has 0 saturated carbocycles. The van der Waals surface area contributed by atoms with E-state index in [1.807, 2.05) is 33.8 Å². The van der Waals surface area contributed by atoms with Crippen LogP contribution in [0.15, 0.2) is 22.9 Å². The highest BCUT2D eigenvalue weighted by atomic mass is 79.9. The molecule has 21 heavy (non-hydrogen) atoms. The summed E-state index contributed by atoms with van der Waals surface area (Å²) in [7, 11) is 0. The van der Waals surface area contributed by atoms with Crippen molar-refractivity contribution < 1.29 is 9.53 Å². The number of piperazine rings is 1. The summed E-state index contributed by atoms with van der Waals surface area (Å²) in [4.78, 5) is 20.3. The molecule has 0 aromatic carbocycles. The zero-order valence-electron chi connectivity index (χ0n) is 13.0. The second kappa shape index (κ2) is 6.22. The number of hydrogen-bond donors (Lipinski definition) is 0. The number of amides is 1. The molecule has 0 bridgehead atoms. The van der Waals surface area contributed by atoms with Crippen LogP contribution in [-0.4, -0.2) is 47.3 Å². The molecule has 2 rings (SSSR count). The van der Waals surface area contributed by atoms with E-state index in [9.17, 15) is 4.79 Å². The second-order valence-corrected chi connectivity index (χ2v) is 7.15. The summed E-state index contributed by atoms with van der Waals surface area (Å²) >= 11 is 3.53. The molecule has 1 aromatic heterocycles. The van der Waals surface area contributed by atoms with E-state index in [0.717, 1.165) is 23.2 Å². The molecule has 0 aliphatic carbocycles. The van der Waals surface area contributed by atoms with Crippen molar-refractivity contribution in [2.75, 3.05) is 24.5 Å². The summed E-state index contributed by atoms with van der Waals surface area (Å²) < 4.78 is 6.44. The molecule has 1 aliphatic heterocycles. The van der Waals surface area contributed by atoms with Gasteiger partial charge in [-0.2, -0.15) is 0 Å². The van der Waals surface area contributed by atoms with E-state index in [2.05, 4.69) is 25.8 Å². The molecule has 1 amide bonds. The maximum Gasteiger partial charge on any atom is 0.410 e. The van der Waals surface area contributed by atoms with Crippen LogP contribution in [0.5, 0.6) is 0 Å². The predicted octanol–water partition coefficient (Wildman–Crippen LogP) is 3.29. The van der Waals surface area contributed by atoms with E-state index in [-0.39, 0.29) is 12.1 Å². The van der Waals surface area contributed by atoms with Crippen molar-refractivity contribution >= 4 is 27.7 Å². The quantitative estimate of drug-likeness (QED) is 0.775. The summed E-state index contributed by atoms with van der Waals surface area (Å²) in [5.74, 6) is 0. The van der Waals surface area contributed by atoms with Gasteiger partial charge in [0.2, 0.25) is 0 Å². The molecule has 5 nitrogen and oxygen atoms in total. The number of carbonyl (C=O) groups is 1. The minimum absolute atomic E-state index is 0.105. The molecule has 6 heteroatoms. The fraction of sp³-hybridized carbons (Fsp3) is 0.600. The van der Waals surface area contributed by atoms with Gasteiger partial charge in [0.15, 0.2) is 0 Å². The lowest BCUT2D eigenvalue weighted by molar-refractivity contribution is 0.0159. The average Bonchev–Trinajstić information content (AvgIpc) is 2.37. The highest BCUT2D eigenvalue weighted by Crippen LogP contribution is 2.27. The molecule has 0 radical (unpaired) electrons. The molecule has 116 valence electrons. The number of rotatable bonds is 1. The number of halogens is 1. The minimum Gasteiger partial charge on any atom is -0.444 e. The number of anilines is 1. The average molecular weight is 356 g/mol. The number of hydrogen-bond acceptors (Lipinski definition) is 4. The van der Waals surface area contributed by atoms with Crippen molar-refractivity contribution in [2.24, 2.45) is 0 Å². The van der Waals surface area contributed by atoms with Crippen LogP contribution in [0.4, 0.5) is 10.5 Å². The van der Waals surface area contributed by atoms with Gasteiger partial charge < -0.3 is 14.5 Å². The number of nitrogens with zero attached hydrogens (tertiary/aromatic N) is 3. The standard InChI is InChI=1S/C15H22BrN3O2/c1-11-10-18(13-5-6-17-9-12(13)16)7-8-19(11)14(20)21-15(2,3)4/h5-6,9,11H,7-8,10H2,1-4H3/t11-/m0/s1. The predicted molar refractivity (Wildman–Crippen MR) is 86.6 cm³/mol. The van der Waals surface area contributed by atoms with Gasteiger partial charge in [-0.05, 0) is 49.7 Å². The molecule has 1 aromatic rings. The Kier molecular flexibility index (Phi) is 4.76. The first-order valence-electron chi connectivity index (χ1n) is 7.12. The fourth-order valence-electron chi connectivity index (χ4n) is 2.39. The zero-order valence-corrected chi connectivity index (χ0v) is 14.6. The molecule has 1 atom stereocenters. The van der Waals surface area contributed by atoms with Crippen LogP contribution in [0.2, 0.25) is 0 Å². The lowest BCUT2D eigenvalue weighted by Gasteiger charge is -2.41. The van der Waals surface area contributed by atoms with E-state index in [4.69, 9.17) is 4.74 Å². The van der Waals surface area contributed by atoms with Crippen LogP contribution in [0, 0.1) is 0 Å². The van der Waals surface area contributed by atoms with Gasteiger partial charge in [-0.1, -0.05) is 0 Å². The molecule has 2 heterocycles. The smallest absolute Gasteiger partial charge is 0.410 e. The Balaban J connectivity index is 2.03. The van der Waals surface area contributed by atoms with Crippen LogP contribution in [-0.2, 0) is 4.74 Å². The largest absolute Gasteiger partial charge is 0.444 e. The lowest BCUT2D eigenvalue weighted by Crippen LogP contribution is -2.55. The number of aromatic nitrogens is 1. The van der Waals surface area contributed by atoms with Gasteiger partial charge in [0.05, 0.1) is 10.2 Å². The molecule has 1 aliphatic rings. The third-order valence-electron chi connectivity index (χ3n) is 3.35. The Bertz CT molecular complexity index is 516. The van der Waals surface area contributed by atoms with Crippen molar-refractivity contribution in [3.05, 3.63) is 22.9 Å². The Labute approximate surface area is 134 Å². The summed E-state index contributed by atoms with van der Waals surface area (Å²) in [5.41, 5.74) is 0.655. The van der Waals surface area contributed by atoms with Crippen molar-refractivity contribution in [1.29, 1.82) is 0 Å². The third kappa shape index (κ3) is 4.09. The van der Waals surface area contributed by atoms with Gasteiger partial charge in [0.1, 0.15) is 5.60 Å². The Morgan fingerprint density at radius 2 is 2.14 bits per heavy atom. The highest BCUT2D eigenvalue weighted by molar-refractivity contribution is 9.10. The summed E-state index contributed by atoms with van der Waals surface area (Å²) in [6.45, 7) is 9.93. The Hall–Kier alpha value is -1.30. The van der Waals surface area contributed by atoms with Gasteiger partial charge >= 0.3 is 6.09 Å². The van der Waals surface area contributed by atoms with E-state index in [0.29, 0.717) is 6.54 Å². The first-order valence-corrected chi connectivity index (χ1v) is 7.91. The molecule has 0 spiro atoms. The number of ether oxygens (including phenoxy) is 1. The van der Waals surface area contributed by atoms with E-state index in [1.54, 1.807) is 17.3 Å². The van der Waals surface area contributed by atoms with Crippen LogP contribution in [0.3, 0.4) is 0 Å². The normalized spacial score (nSPS) is 19.6. The summed E-state index contributed by atoms with van der Waals surface area (Å²) in [6.07, 6.45) is 3.34. The second-order valence-electron chi connectivity index (χ2n) is 6.30. The first-order chi connectivity index (χ1) is 9.78. The van der Waals surface area contributed by atoms with Crippen molar-refractivity contribution in [3.63, 3.8) is 0 Å². The highest BCUT2D eigenvalue weighted by Gasteiger charge is 2.31. The molecule has 1 saturated heterocycles. The van der Waals surface area contributed by atoms with Crippen molar-refractivity contribution in [2.45, 2.75) is 39.3 Å². The number of pyridine rings is 1. The fourth-order valence-corrected chi connectivity index (χ4v) is 2.89. The van der Waals surface area contributed by atoms with E-state index in [1.165, 1.54) is 0 Å². The van der Waals surface area contributed by atoms with Crippen LogP contribution < -0.4 is 4.90 Å². The molecular formula is C15H22BrN3O2. The molecule has 1 fully saturated rings. The lowest BCUT2D eigenvalue weighted by atomic mass is 10.1. The van der Waals surface area contributed by atoms with Gasteiger partial charge in [-0.25, -0.2) is 4.79 Å². The van der Waals surface area contributed by atoms with Gasteiger partial charge in [-0.3, -0.25) is 4.98 Å². The molecule has 0 unspecified atom stereocenters. The van der Waals surface area contributed by atoms with Crippen LogP contribution >= 0.6 is 15.9 Å². The molecular weight excluding hydrogens is 334 g/mol. The zero-order chi connectivity index (χ0) is 15.6. The van der Waals surface area contributed by atoms with Crippen molar-refractivity contribution in [3.8, 4) is 0 Å². The minimum atomic E-state index is -0.456. The number of carbonyl (C=O) groups excluding carboxylic acids is 1. The Morgan fingerprint density at radius 1 is 1.43 bits per heavy atom. The van der Waals surface area contributed by atoms with Crippen LogP contribution in [0.1, 0.15) is 27.7 Å². The summed E-state index contributed by atoms with van der Waals surface area (Å²) in [5, 5.41) is 0. The maximum absolute atomic E-state index is 12.2. The molecule has 0 N–H and O–H groups in total. The van der Waals surface area contributed by atoms with Gasteiger partial charge in [0.25, 0.3) is 0 Å². The third-order valence-corrected chi connectivity index (χ3v) is 3.96. The monoisotopic (exact) mass is 355 g/mol. The van der Waals surface area contributed by atoms with E-state index >= 15 is 0 Å². The summed E-state index contributed by atoms with van der Waals surface area (Å²) in [6, 6.07) is 2.09. The maximum atomic E-state index is 12.2. The topological polar surface area (TPSA) is 45.7 Å². The van der Waals surface area contributed by atoms with Crippen LogP contribution in [0.25, 0.3) is 0 Å². The van der Waals surface area contributed by atoms with Gasteiger partial charge in [-0.15, -0.1) is 0 Å². The van der Waals surface area contributed by atoms with E-state index < -0.39 is 5.60 Å². The van der Waals surface area contributed by atoms with Gasteiger partial charge in [0, 0.05) is 38.1 Å². The first kappa shape index (κ1) is 16.1.